The Morgan fingerprint density at radius 2 is 1.58 bits per heavy atom. The highest BCUT2D eigenvalue weighted by Gasteiger charge is 2.28. The number of hydrogen-bond donors (Lipinski definition) is 8. The number of carbonyl (C=O) groups excluding carboxylic acids is 3. The molecule has 5 atom stereocenters. The molecule has 0 heterocycles. The van der Waals surface area contributed by atoms with E-state index in [1.54, 1.807) is 6.92 Å². The highest BCUT2D eigenvalue weighted by atomic mass is 32.2. The zero-order chi connectivity index (χ0) is 25.6. The SMILES string of the molecule is CCN[C@@H](CCSC[C@H](NC(=O)[C@H](CCC(=O)O)NS)C(C)=O)C(=O)N[C@H](C(=O)O)[C@@H](C)O. The van der Waals surface area contributed by atoms with Gasteiger partial charge in [-0.15, -0.1) is 0 Å². The number of likely N-dealkylation sites (N-methyl/N-ethyl adjacent to an activating group) is 1. The second kappa shape index (κ2) is 16.7. The lowest BCUT2D eigenvalue weighted by molar-refractivity contribution is -0.145. The lowest BCUT2D eigenvalue weighted by atomic mass is 10.1. The van der Waals surface area contributed by atoms with E-state index < -0.39 is 54.0 Å². The van der Waals surface area contributed by atoms with Crippen LogP contribution in [0.2, 0.25) is 0 Å². The first kappa shape index (κ1) is 31.1. The predicted octanol–water partition coefficient (Wildman–Crippen LogP) is -1.22. The van der Waals surface area contributed by atoms with Gasteiger partial charge in [0.1, 0.15) is 0 Å². The normalized spacial score (nSPS) is 15.5. The van der Waals surface area contributed by atoms with Crippen LogP contribution in [-0.4, -0.2) is 93.2 Å². The Morgan fingerprint density at radius 1 is 0.970 bits per heavy atom. The molecule has 190 valence electrons. The van der Waals surface area contributed by atoms with E-state index in [9.17, 15) is 29.1 Å². The summed E-state index contributed by atoms with van der Waals surface area (Å²) in [5, 5.41) is 35.2. The average molecular weight is 511 g/mol. The fourth-order valence-electron chi connectivity index (χ4n) is 2.67. The summed E-state index contributed by atoms with van der Waals surface area (Å²) in [5.74, 6) is -3.15. The molecule has 0 aromatic rings. The molecule has 2 amide bonds. The maximum atomic E-state index is 12.4. The van der Waals surface area contributed by atoms with Crippen LogP contribution in [0.4, 0.5) is 0 Å². The minimum absolute atomic E-state index is 0.00566. The van der Waals surface area contributed by atoms with Gasteiger partial charge in [-0.25, -0.2) is 4.79 Å². The van der Waals surface area contributed by atoms with Crippen molar-refractivity contribution in [3.05, 3.63) is 0 Å². The average Bonchev–Trinajstić information content (AvgIpc) is 2.72. The summed E-state index contributed by atoms with van der Waals surface area (Å²) < 4.78 is 2.43. The molecular formula is C19H34N4O8S2. The smallest absolute Gasteiger partial charge is 0.328 e. The van der Waals surface area contributed by atoms with E-state index in [0.29, 0.717) is 18.7 Å². The predicted molar refractivity (Wildman–Crippen MR) is 126 cm³/mol. The molecule has 0 aliphatic heterocycles. The van der Waals surface area contributed by atoms with Crippen LogP contribution in [0.15, 0.2) is 0 Å². The number of aliphatic hydroxyl groups is 1. The van der Waals surface area contributed by atoms with Gasteiger partial charge in [0.15, 0.2) is 11.8 Å². The van der Waals surface area contributed by atoms with Crippen LogP contribution < -0.4 is 20.7 Å². The molecule has 0 fully saturated rings. The molecule has 0 unspecified atom stereocenters. The van der Waals surface area contributed by atoms with Crippen molar-refractivity contribution in [2.24, 2.45) is 0 Å². The van der Waals surface area contributed by atoms with Crippen molar-refractivity contribution in [2.45, 2.75) is 70.3 Å². The van der Waals surface area contributed by atoms with E-state index in [0.717, 1.165) is 0 Å². The monoisotopic (exact) mass is 510 g/mol. The van der Waals surface area contributed by atoms with Crippen LogP contribution in [0, 0.1) is 0 Å². The zero-order valence-electron chi connectivity index (χ0n) is 18.9. The van der Waals surface area contributed by atoms with Crippen LogP contribution in [-0.2, 0) is 24.0 Å². The Bertz CT molecular complexity index is 680. The Hall–Kier alpha value is -1.87. The van der Waals surface area contributed by atoms with Crippen molar-refractivity contribution >= 4 is 54.1 Å². The van der Waals surface area contributed by atoms with Crippen LogP contribution in [0.5, 0.6) is 0 Å². The van der Waals surface area contributed by atoms with Crippen molar-refractivity contribution < 1.29 is 39.3 Å². The highest BCUT2D eigenvalue weighted by molar-refractivity contribution is 7.99. The molecule has 0 rings (SSSR count). The number of carbonyl (C=O) groups is 5. The van der Waals surface area contributed by atoms with E-state index >= 15 is 0 Å². The third-order valence-electron chi connectivity index (χ3n) is 4.58. The van der Waals surface area contributed by atoms with E-state index in [2.05, 4.69) is 33.5 Å². The number of thiol groups is 1. The third-order valence-corrected chi connectivity index (χ3v) is 5.98. The number of hydrogen-bond acceptors (Lipinski definition) is 10. The number of rotatable bonds is 18. The van der Waals surface area contributed by atoms with Gasteiger partial charge < -0.3 is 31.3 Å². The second-order valence-corrected chi connectivity index (χ2v) is 8.73. The van der Waals surface area contributed by atoms with Crippen molar-refractivity contribution in [3.63, 3.8) is 0 Å². The summed E-state index contributed by atoms with van der Waals surface area (Å²) in [6.07, 6.45) is -1.19. The standard InChI is InChI=1S/C19H34N4O8S2/c1-4-20-12(17(28)22-16(11(3)25)19(30)31)7-8-33-9-14(10(2)24)21-18(29)13(23-32)5-6-15(26)27/h11-14,16,20,23,25,32H,4-9H2,1-3H3,(H,21,29)(H,22,28)(H,26,27)(H,30,31)/t11-,12+,13+,14+,16+/m1/s1. The molecule has 0 aliphatic carbocycles. The first-order valence-corrected chi connectivity index (χ1v) is 12.0. The molecule has 33 heavy (non-hydrogen) atoms. The Balaban J connectivity index is 4.80. The number of ketones is 1. The number of carboxylic acids is 2. The molecule has 0 radical (unpaired) electrons. The van der Waals surface area contributed by atoms with Gasteiger partial charge in [0.2, 0.25) is 11.8 Å². The van der Waals surface area contributed by atoms with E-state index in [4.69, 9.17) is 10.2 Å². The fourth-order valence-corrected chi connectivity index (χ4v) is 4.04. The molecule has 0 aromatic heterocycles. The molecule has 0 saturated heterocycles. The van der Waals surface area contributed by atoms with Crippen LogP contribution in [0.1, 0.15) is 40.0 Å². The Morgan fingerprint density at radius 3 is 2.03 bits per heavy atom. The summed E-state index contributed by atoms with van der Waals surface area (Å²) in [6, 6.07) is -3.83. The van der Waals surface area contributed by atoms with Crippen LogP contribution in [0.25, 0.3) is 0 Å². The first-order valence-electron chi connectivity index (χ1n) is 10.4. The molecule has 14 heteroatoms. The van der Waals surface area contributed by atoms with Gasteiger partial charge in [-0.05, 0) is 39.0 Å². The van der Waals surface area contributed by atoms with Crippen molar-refractivity contribution in [1.29, 1.82) is 0 Å². The number of thioether (sulfide) groups is 1. The lowest BCUT2D eigenvalue weighted by Crippen LogP contribution is -2.54. The van der Waals surface area contributed by atoms with E-state index in [1.807, 2.05) is 0 Å². The van der Waals surface area contributed by atoms with E-state index in [-0.39, 0.29) is 24.4 Å². The number of aliphatic hydroxyl groups excluding tert-OH is 1. The summed E-state index contributed by atoms with van der Waals surface area (Å²) in [4.78, 5) is 58.6. The van der Waals surface area contributed by atoms with Crippen molar-refractivity contribution in [1.82, 2.24) is 20.7 Å². The van der Waals surface area contributed by atoms with Crippen molar-refractivity contribution in [3.8, 4) is 0 Å². The minimum Gasteiger partial charge on any atom is -0.481 e. The maximum absolute atomic E-state index is 12.4. The van der Waals surface area contributed by atoms with E-state index in [1.165, 1.54) is 25.6 Å². The largest absolute Gasteiger partial charge is 0.481 e. The summed E-state index contributed by atoms with van der Waals surface area (Å²) in [7, 11) is 0. The van der Waals surface area contributed by atoms with Gasteiger partial charge in [-0.3, -0.25) is 23.9 Å². The molecular weight excluding hydrogens is 476 g/mol. The third kappa shape index (κ3) is 12.8. The van der Waals surface area contributed by atoms with Gasteiger partial charge in [0.25, 0.3) is 0 Å². The summed E-state index contributed by atoms with van der Waals surface area (Å²) in [5.41, 5.74) is 0. The summed E-state index contributed by atoms with van der Waals surface area (Å²) >= 11 is 5.15. The molecule has 7 N–H and O–H groups in total. The Labute approximate surface area is 202 Å². The fraction of sp³-hybridized carbons (Fsp3) is 0.737. The van der Waals surface area contributed by atoms with Gasteiger partial charge >= 0.3 is 11.9 Å². The maximum Gasteiger partial charge on any atom is 0.328 e. The van der Waals surface area contributed by atoms with Gasteiger partial charge in [-0.1, -0.05) is 19.7 Å². The second-order valence-electron chi connectivity index (χ2n) is 7.32. The molecule has 0 aliphatic rings. The number of Topliss-reactive ketones (excluding diaryl/α,β-unsaturated/α-hetero) is 1. The zero-order valence-corrected chi connectivity index (χ0v) is 20.6. The Kier molecular flexibility index (Phi) is 15.8. The van der Waals surface area contributed by atoms with Crippen molar-refractivity contribution in [2.75, 3.05) is 18.1 Å². The number of nitrogens with one attached hydrogen (secondary N) is 4. The van der Waals surface area contributed by atoms with Gasteiger partial charge in [-0.2, -0.15) is 11.8 Å². The molecule has 0 aromatic carbocycles. The van der Waals surface area contributed by atoms with Crippen LogP contribution in [0.3, 0.4) is 0 Å². The van der Waals surface area contributed by atoms with Gasteiger partial charge in [0.05, 0.1) is 24.2 Å². The number of carboxylic acid groups (broad SMARTS) is 2. The molecule has 0 spiro atoms. The summed E-state index contributed by atoms with van der Waals surface area (Å²) in [6.45, 7) is 4.83. The molecule has 0 saturated carbocycles. The quantitative estimate of drug-likeness (QED) is 0.0813. The molecule has 0 bridgehead atoms. The lowest BCUT2D eigenvalue weighted by Gasteiger charge is -2.23. The number of aliphatic carboxylic acids is 2. The minimum atomic E-state index is -1.43. The first-order chi connectivity index (χ1) is 15.4. The van der Waals surface area contributed by atoms with Crippen LogP contribution >= 0.6 is 24.6 Å². The van der Waals surface area contributed by atoms with Gasteiger partial charge in [0, 0.05) is 12.2 Å². The number of amides is 2. The molecule has 12 nitrogen and oxygen atoms in total. The highest BCUT2D eigenvalue weighted by Crippen LogP contribution is 2.10. The topological polar surface area (TPSA) is 194 Å².